The molecule has 2 heterocycles. The Labute approximate surface area is 168 Å². The number of aryl methyl sites for hydroxylation is 2. The first-order chi connectivity index (χ1) is 13.5. The molecule has 0 aliphatic carbocycles. The van der Waals surface area contributed by atoms with E-state index >= 15 is 0 Å². The third-order valence-corrected chi connectivity index (χ3v) is 5.69. The van der Waals surface area contributed by atoms with Gasteiger partial charge in [0, 0.05) is 4.88 Å². The van der Waals surface area contributed by atoms with Crippen molar-refractivity contribution in [2.75, 3.05) is 19.0 Å². The predicted octanol–water partition coefficient (Wildman–Crippen LogP) is 5.88. The molecule has 0 unspecified atom stereocenters. The highest BCUT2D eigenvalue weighted by molar-refractivity contribution is 7.18. The van der Waals surface area contributed by atoms with Crippen molar-refractivity contribution in [3.05, 3.63) is 70.3 Å². The Hall–Kier alpha value is -2.73. The van der Waals surface area contributed by atoms with Crippen LogP contribution >= 0.6 is 11.3 Å². The number of anilines is 1. The van der Waals surface area contributed by atoms with Crippen LogP contribution in [0.1, 0.15) is 29.3 Å². The summed E-state index contributed by atoms with van der Waals surface area (Å²) in [6.45, 7) is 6.74. The van der Waals surface area contributed by atoms with Crippen LogP contribution in [-0.2, 0) is 4.74 Å². The maximum atomic E-state index is 13.3. The van der Waals surface area contributed by atoms with Gasteiger partial charge in [0.05, 0.1) is 19.0 Å². The second kappa shape index (κ2) is 8.97. The minimum absolute atomic E-state index is 0.244. The minimum atomic E-state index is -0.244. The number of allylic oxidation sites excluding steroid dienone is 3. The topological polar surface area (TPSA) is 47.0 Å². The zero-order valence-corrected chi connectivity index (χ0v) is 17.4. The second-order valence-corrected chi connectivity index (χ2v) is 7.63. The number of ether oxygens (including phenoxy) is 1. The van der Waals surface area contributed by atoms with Crippen LogP contribution in [0.4, 0.5) is 10.2 Å². The number of nitrogens with zero attached hydrogens (tertiary/aromatic N) is 2. The van der Waals surface area contributed by atoms with Gasteiger partial charge in [-0.05, 0) is 55.2 Å². The van der Waals surface area contributed by atoms with Crippen LogP contribution in [0.15, 0.2) is 48.5 Å². The molecule has 0 saturated heterocycles. The standard InChI is InChI=1S/C22H24FN3OS/c1-5-6-17(16-7-9-18(23)10-8-16)11-19(27-4)12-24-21-20-14(2)15(3)28-22(20)26-13-25-21/h6-11,13H,5,12H2,1-4H3,(H,24,25,26). The summed E-state index contributed by atoms with van der Waals surface area (Å²) in [5, 5.41) is 4.43. The molecule has 0 bridgehead atoms. The number of halogens is 1. The van der Waals surface area contributed by atoms with Crippen molar-refractivity contribution in [2.45, 2.75) is 27.2 Å². The fourth-order valence-electron chi connectivity index (χ4n) is 2.97. The summed E-state index contributed by atoms with van der Waals surface area (Å²) in [7, 11) is 1.65. The van der Waals surface area contributed by atoms with E-state index in [1.165, 1.54) is 22.6 Å². The summed E-state index contributed by atoms with van der Waals surface area (Å²) in [4.78, 5) is 11.0. The molecule has 3 aromatic rings. The highest BCUT2D eigenvalue weighted by atomic mass is 32.1. The fourth-order valence-corrected chi connectivity index (χ4v) is 3.96. The third-order valence-electron chi connectivity index (χ3n) is 4.58. The van der Waals surface area contributed by atoms with Crippen LogP contribution in [0, 0.1) is 19.7 Å². The molecule has 4 nitrogen and oxygen atoms in total. The zero-order valence-electron chi connectivity index (χ0n) is 16.5. The summed E-state index contributed by atoms with van der Waals surface area (Å²) >= 11 is 1.67. The van der Waals surface area contributed by atoms with Gasteiger partial charge in [0.2, 0.25) is 0 Å². The zero-order chi connectivity index (χ0) is 20.1. The highest BCUT2D eigenvalue weighted by Gasteiger charge is 2.12. The van der Waals surface area contributed by atoms with Crippen LogP contribution in [0.3, 0.4) is 0 Å². The number of fused-ring (bicyclic) bond motifs is 1. The van der Waals surface area contributed by atoms with Crippen molar-refractivity contribution in [3.8, 4) is 0 Å². The Morgan fingerprint density at radius 3 is 2.64 bits per heavy atom. The van der Waals surface area contributed by atoms with Crippen molar-refractivity contribution < 1.29 is 9.13 Å². The Morgan fingerprint density at radius 1 is 1.21 bits per heavy atom. The molecule has 1 aromatic carbocycles. The number of aromatic nitrogens is 2. The molecule has 2 aromatic heterocycles. The molecule has 0 aliphatic heterocycles. The summed E-state index contributed by atoms with van der Waals surface area (Å²) in [6.07, 6.45) is 6.53. The maximum Gasteiger partial charge on any atom is 0.138 e. The van der Waals surface area contributed by atoms with Gasteiger partial charge in [-0.3, -0.25) is 0 Å². The number of hydrogen-bond acceptors (Lipinski definition) is 5. The van der Waals surface area contributed by atoms with Gasteiger partial charge >= 0.3 is 0 Å². The van der Waals surface area contributed by atoms with Crippen LogP contribution in [0.25, 0.3) is 15.8 Å². The fraction of sp³-hybridized carbons (Fsp3) is 0.273. The van der Waals surface area contributed by atoms with Crippen LogP contribution < -0.4 is 5.32 Å². The summed E-state index contributed by atoms with van der Waals surface area (Å²) in [5.41, 5.74) is 3.15. The summed E-state index contributed by atoms with van der Waals surface area (Å²) in [5.74, 6) is 1.32. The third kappa shape index (κ3) is 4.39. The first kappa shape index (κ1) is 20.0. The van der Waals surface area contributed by atoms with E-state index in [4.69, 9.17) is 4.74 Å². The van der Waals surface area contributed by atoms with E-state index in [9.17, 15) is 4.39 Å². The first-order valence-electron chi connectivity index (χ1n) is 9.18. The monoisotopic (exact) mass is 397 g/mol. The van der Waals surface area contributed by atoms with Gasteiger partial charge in [0.1, 0.15) is 28.6 Å². The predicted molar refractivity (Wildman–Crippen MR) is 115 cm³/mol. The number of methoxy groups -OCH3 is 1. The number of benzene rings is 1. The van der Waals surface area contributed by atoms with Gasteiger partial charge in [-0.15, -0.1) is 11.3 Å². The lowest BCUT2D eigenvalue weighted by atomic mass is 10.0. The Kier molecular flexibility index (Phi) is 6.41. The normalized spacial score (nSPS) is 12.5. The SMILES string of the molecule is CCC=C(C=C(CNc1ncnc2sc(C)c(C)c12)OC)c1ccc(F)cc1. The van der Waals surface area contributed by atoms with E-state index in [2.05, 4.69) is 42.1 Å². The molecule has 0 radical (unpaired) electrons. The molecule has 146 valence electrons. The number of nitrogens with one attached hydrogen (secondary N) is 1. The largest absolute Gasteiger partial charge is 0.499 e. The summed E-state index contributed by atoms with van der Waals surface area (Å²) in [6, 6.07) is 6.49. The van der Waals surface area contributed by atoms with Gasteiger partial charge < -0.3 is 10.1 Å². The highest BCUT2D eigenvalue weighted by Crippen LogP contribution is 2.32. The molecule has 1 N–H and O–H groups in total. The molecule has 0 atom stereocenters. The quantitative estimate of drug-likeness (QED) is 0.399. The van der Waals surface area contributed by atoms with E-state index < -0.39 is 0 Å². The van der Waals surface area contributed by atoms with Crippen LogP contribution in [0.2, 0.25) is 0 Å². The second-order valence-electron chi connectivity index (χ2n) is 6.43. The smallest absolute Gasteiger partial charge is 0.138 e. The van der Waals surface area contributed by atoms with Crippen molar-refractivity contribution in [3.63, 3.8) is 0 Å². The molecule has 28 heavy (non-hydrogen) atoms. The lowest BCUT2D eigenvalue weighted by Gasteiger charge is -2.12. The van der Waals surface area contributed by atoms with Gasteiger partial charge in [0.25, 0.3) is 0 Å². The Balaban J connectivity index is 1.85. The average molecular weight is 398 g/mol. The maximum absolute atomic E-state index is 13.3. The Bertz CT molecular complexity index is 1020. The van der Waals surface area contributed by atoms with E-state index in [-0.39, 0.29) is 5.82 Å². The van der Waals surface area contributed by atoms with Crippen molar-refractivity contribution in [1.82, 2.24) is 9.97 Å². The van der Waals surface area contributed by atoms with Crippen LogP contribution in [-0.4, -0.2) is 23.6 Å². The number of hydrogen-bond donors (Lipinski definition) is 1. The summed E-state index contributed by atoms with van der Waals surface area (Å²) < 4.78 is 18.8. The molecular formula is C22H24FN3OS. The molecular weight excluding hydrogens is 373 g/mol. The van der Waals surface area contributed by atoms with E-state index in [0.29, 0.717) is 6.54 Å². The molecule has 3 rings (SSSR count). The van der Waals surface area contributed by atoms with Gasteiger partial charge in [0.15, 0.2) is 0 Å². The first-order valence-corrected chi connectivity index (χ1v) is 10.00. The van der Waals surface area contributed by atoms with Gasteiger partial charge in [-0.25, -0.2) is 14.4 Å². The lowest BCUT2D eigenvalue weighted by Crippen LogP contribution is -2.08. The van der Waals surface area contributed by atoms with Crippen molar-refractivity contribution >= 4 is 32.9 Å². The number of thiophene rings is 1. The van der Waals surface area contributed by atoms with Crippen molar-refractivity contribution in [1.29, 1.82) is 0 Å². The van der Waals surface area contributed by atoms with Gasteiger partial charge in [-0.1, -0.05) is 25.1 Å². The molecule has 0 fully saturated rings. The minimum Gasteiger partial charge on any atom is -0.499 e. The van der Waals surface area contributed by atoms with Gasteiger partial charge in [-0.2, -0.15) is 0 Å². The lowest BCUT2D eigenvalue weighted by molar-refractivity contribution is 0.290. The molecule has 0 amide bonds. The van der Waals surface area contributed by atoms with E-state index in [0.717, 1.165) is 39.4 Å². The van der Waals surface area contributed by atoms with E-state index in [1.807, 2.05) is 6.08 Å². The Morgan fingerprint density at radius 2 is 1.96 bits per heavy atom. The average Bonchev–Trinajstić information content (AvgIpc) is 2.99. The number of rotatable bonds is 7. The molecule has 6 heteroatoms. The van der Waals surface area contributed by atoms with E-state index in [1.54, 1.807) is 36.9 Å². The molecule has 0 spiro atoms. The van der Waals surface area contributed by atoms with Crippen LogP contribution in [0.5, 0.6) is 0 Å². The molecule has 0 saturated carbocycles. The van der Waals surface area contributed by atoms with Crippen molar-refractivity contribution in [2.24, 2.45) is 0 Å². The molecule has 0 aliphatic rings.